The zero-order valence-electron chi connectivity index (χ0n) is 18.9. The SMILES string of the molecule is CC.Cc1cc(N2CCN(CC(=O)N3CCCCc4ccccc43)CC2)nc(C)n1. The first-order chi connectivity index (χ1) is 14.6. The average Bonchev–Trinajstić information content (AvgIpc) is 2.98. The summed E-state index contributed by atoms with van der Waals surface area (Å²) in [5.41, 5.74) is 3.41. The van der Waals surface area contributed by atoms with E-state index in [1.807, 2.05) is 44.7 Å². The molecule has 1 amide bonds. The number of fused-ring (bicyclic) bond motifs is 1. The van der Waals surface area contributed by atoms with Gasteiger partial charge in [-0.3, -0.25) is 9.69 Å². The molecule has 6 nitrogen and oxygen atoms in total. The summed E-state index contributed by atoms with van der Waals surface area (Å²) >= 11 is 0. The normalized spacial score (nSPS) is 16.9. The summed E-state index contributed by atoms with van der Waals surface area (Å²) in [7, 11) is 0. The summed E-state index contributed by atoms with van der Waals surface area (Å²) < 4.78 is 0. The third kappa shape index (κ3) is 5.36. The Balaban J connectivity index is 0.00000124. The molecule has 1 aromatic heterocycles. The van der Waals surface area contributed by atoms with Crippen LogP contribution in [0.3, 0.4) is 0 Å². The van der Waals surface area contributed by atoms with Crippen LogP contribution >= 0.6 is 0 Å². The van der Waals surface area contributed by atoms with E-state index in [-0.39, 0.29) is 5.91 Å². The summed E-state index contributed by atoms with van der Waals surface area (Å²) in [6.07, 6.45) is 3.29. The number of hydrogen-bond acceptors (Lipinski definition) is 5. The second-order valence-electron chi connectivity index (χ2n) is 7.81. The number of benzene rings is 1. The maximum absolute atomic E-state index is 13.1. The Kier molecular flexibility index (Phi) is 7.80. The first-order valence-electron chi connectivity index (χ1n) is 11.3. The van der Waals surface area contributed by atoms with Crippen LogP contribution in [-0.2, 0) is 11.2 Å². The molecule has 1 aromatic carbocycles. The van der Waals surface area contributed by atoms with Crippen LogP contribution < -0.4 is 9.80 Å². The second kappa shape index (κ2) is 10.5. The molecular weight excluding hydrogens is 374 g/mol. The average molecular weight is 410 g/mol. The summed E-state index contributed by atoms with van der Waals surface area (Å²) in [5, 5.41) is 0. The molecule has 0 bridgehead atoms. The standard InChI is InChI=1S/C22H29N5O.C2H6/c1-17-15-21(24-18(2)23-17)26-13-11-25(12-14-26)16-22(28)27-10-6-5-8-19-7-3-4-9-20(19)27;1-2/h3-4,7,9,15H,5-6,8,10-14,16H2,1-2H3;1-2H3. The Morgan fingerprint density at radius 2 is 1.70 bits per heavy atom. The van der Waals surface area contributed by atoms with Gasteiger partial charge in [0.15, 0.2) is 0 Å². The van der Waals surface area contributed by atoms with Crippen molar-refractivity contribution < 1.29 is 4.79 Å². The van der Waals surface area contributed by atoms with Crippen molar-refractivity contribution in [3.63, 3.8) is 0 Å². The van der Waals surface area contributed by atoms with E-state index in [9.17, 15) is 4.79 Å². The van der Waals surface area contributed by atoms with E-state index in [0.717, 1.165) is 75.0 Å². The number of hydrogen-bond donors (Lipinski definition) is 0. The van der Waals surface area contributed by atoms with Crippen molar-refractivity contribution in [3.8, 4) is 0 Å². The molecular formula is C24H35N5O. The number of para-hydroxylation sites is 1. The van der Waals surface area contributed by atoms with E-state index in [4.69, 9.17) is 0 Å². The van der Waals surface area contributed by atoms with Gasteiger partial charge in [0, 0.05) is 50.2 Å². The third-order valence-corrected chi connectivity index (χ3v) is 5.67. The van der Waals surface area contributed by atoms with Crippen LogP contribution in [0.5, 0.6) is 0 Å². The highest BCUT2D eigenvalue weighted by Gasteiger charge is 2.25. The highest BCUT2D eigenvalue weighted by Crippen LogP contribution is 2.26. The molecule has 0 atom stereocenters. The van der Waals surface area contributed by atoms with E-state index in [0.29, 0.717) is 6.54 Å². The zero-order chi connectivity index (χ0) is 21.5. The number of piperazine rings is 1. The molecule has 3 heterocycles. The van der Waals surface area contributed by atoms with E-state index < -0.39 is 0 Å². The zero-order valence-corrected chi connectivity index (χ0v) is 18.9. The maximum atomic E-state index is 13.1. The van der Waals surface area contributed by atoms with Gasteiger partial charge in [0.2, 0.25) is 5.91 Å². The first kappa shape index (κ1) is 22.2. The minimum absolute atomic E-state index is 0.219. The van der Waals surface area contributed by atoms with Gasteiger partial charge in [-0.1, -0.05) is 32.0 Å². The van der Waals surface area contributed by atoms with Gasteiger partial charge in [0.1, 0.15) is 11.6 Å². The minimum Gasteiger partial charge on any atom is -0.354 e. The van der Waals surface area contributed by atoms with Crippen LogP contribution in [0.1, 0.15) is 43.8 Å². The number of anilines is 2. The molecule has 0 spiro atoms. The summed E-state index contributed by atoms with van der Waals surface area (Å²) in [5.74, 6) is 2.03. The van der Waals surface area contributed by atoms with Gasteiger partial charge < -0.3 is 9.80 Å². The van der Waals surface area contributed by atoms with Crippen molar-refractivity contribution in [1.82, 2.24) is 14.9 Å². The van der Waals surface area contributed by atoms with E-state index in [1.165, 1.54) is 5.56 Å². The van der Waals surface area contributed by atoms with Gasteiger partial charge >= 0.3 is 0 Å². The lowest BCUT2D eigenvalue weighted by molar-refractivity contribution is -0.119. The van der Waals surface area contributed by atoms with Crippen molar-refractivity contribution in [1.29, 1.82) is 0 Å². The Morgan fingerprint density at radius 1 is 0.967 bits per heavy atom. The number of aryl methyl sites for hydroxylation is 3. The van der Waals surface area contributed by atoms with Crippen molar-refractivity contribution in [2.75, 3.05) is 49.1 Å². The highest BCUT2D eigenvalue weighted by atomic mass is 16.2. The van der Waals surface area contributed by atoms with Gasteiger partial charge in [-0.15, -0.1) is 0 Å². The van der Waals surface area contributed by atoms with Gasteiger partial charge in [-0.05, 0) is 44.7 Å². The summed E-state index contributed by atoms with van der Waals surface area (Å²) in [6.45, 7) is 12.8. The van der Waals surface area contributed by atoms with Crippen molar-refractivity contribution in [2.24, 2.45) is 0 Å². The fourth-order valence-corrected chi connectivity index (χ4v) is 4.22. The number of aromatic nitrogens is 2. The highest BCUT2D eigenvalue weighted by molar-refractivity contribution is 5.95. The van der Waals surface area contributed by atoms with Gasteiger partial charge in [-0.2, -0.15) is 0 Å². The number of amides is 1. The molecule has 0 radical (unpaired) electrons. The third-order valence-electron chi connectivity index (χ3n) is 5.67. The minimum atomic E-state index is 0.219. The van der Waals surface area contributed by atoms with Crippen LogP contribution in [0.4, 0.5) is 11.5 Å². The number of rotatable bonds is 3. The van der Waals surface area contributed by atoms with Crippen molar-refractivity contribution in [3.05, 3.63) is 47.4 Å². The van der Waals surface area contributed by atoms with E-state index in [1.54, 1.807) is 0 Å². The number of carbonyl (C=O) groups excluding carboxylic acids is 1. The molecule has 2 aromatic rings. The van der Waals surface area contributed by atoms with Crippen LogP contribution in [0.25, 0.3) is 0 Å². The fourth-order valence-electron chi connectivity index (χ4n) is 4.22. The molecule has 6 heteroatoms. The van der Waals surface area contributed by atoms with Crippen LogP contribution in [0.15, 0.2) is 30.3 Å². The Labute approximate surface area is 180 Å². The van der Waals surface area contributed by atoms with E-state index in [2.05, 4.69) is 38.0 Å². The molecule has 0 aliphatic carbocycles. The summed E-state index contributed by atoms with van der Waals surface area (Å²) in [4.78, 5) is 28.6. The Bertz CT molecular complexity index is 825. The molecule has 1 saturated heterocycles. The molecule has 30 heavy (non-hydrogen) atoms. The molecule has 162 valence electrons. The van der Waals surface area contributed by atoms with Crippen LogP contribution in [0, 0.1) is 13.8 Å². The Hall–Kier alpha value is -2.47. The molecule has 2 aliphatic rings. The van der Waals surface area contributed by atoms with Gasteiger partial charge in [0.25, 0.3) is 0 Å². The van der Waals surface area contributed by atoms with Gasteiger partial charge in [0.05, 0.1) is 6.54 Å². The predicted molar refractivity (Wildman–Crippen MR) is 123 cm³/mol. The number of carbonyl (C=O) groups is 1. The topological polar surface area (TPSA) is 52.6 Å². The lowest BCUT2D eigenvalue weighted by Crippen LogP contribution is -2.50. The maximum Gasteiger partial charge on any atom is 0.241 e. The molecule has 2 aliphatic heterocycles. The largest absolute Gasteiger partial charge is 0.354 e. The number of nitrogens with zero attached hydrogens (tertiary/aromatic N) is 5. The quantitative estimate of drug-likeness (QED) is 0.775. The summed E-state index contributed by atoms with van der Waals surface area (Å²) in [6, 6.07) is 10.4. The monoisotopic (exact) mass is 409 g/mol. The lowest BCUT2D eigenvalue weighted by atomic mass is 10.1. The molecule has 1 fully saturated rings. The molecule has 0 saturated carbocycles. The Morgan fingerprint density at radius 3 is 2.43 bits per heavy atom. The van der Waals surface area contributed by atoms with E-state index >= 15 is 0 Å². The van der Waals surface area contributed by atoms with Crippen molar-refractivity contribution in [2.45, 2.75) is 47.0 Å². The predicted octanol–water partition coefficient (Wildman–Crippen LogP) is 3.61. The second-order valence-corrected chi connectivity index (χ2v) is 7.81. The van der Waals surface area contributed by atoms with Gasteiger partial charge in [-0.25, -0.2) is 9.97 Å². The van der Waals surface area contributed by atoms with Crippen LogP contribution in [0.2, 0.25) is 0 Å². The lowest BCUT2D eigenvalue weighted by Gasteiger charge is -2.36. The molecule has 4 rings (SSSR count). The van der Waals surface area contributed by atoms with Crippen molar-refractivity contribution >= 4 is 17.4 Å². The molecule has 0 N–H and O–H groups in total. The fraction of sp³-hybridized carbons (Fsp3) is 0.542. The molecule has 0 unspecified atom stereocenters. The smallest absolute Gasteiger partial charge is 0.241 e. The first-order valence-corrected chi connectivity index (χ1v) is 11.3. The van der Waals surface area contributed by atoms with Crippen LogP contribution in [-0.4, -0.2) is 60.0 Å².